The number of nitrogens with one attached hydrogen (secondary N) is 2. The zero-order valence-corrected chi connectivity index (χ0v) is 12.4. The third-order valence-electron chi connectivity index (χ3n) is 2.30. The maximum absolute atomic E-state index is 11.9. The molecule has 104 valence electrons. The summed E-state index contributed by atoms with van der Waals surface area (Å²) in [5, 5.41) is 5.68. The van der Waals surface area contributed by atoms with Gasteiger partial charge in [-0.25, -0.2) is 19.9 Å². The number of anilines is 2. The Hall–Kier alpha value is -2.09. The molecule has 20 heavy (non-hydrogen) atoms. The van der Waals surface area contributed by atoms with Crippen LogP contribution in [0.15, 0.2) is 29.4 Å². The van der Waals surface area contributed by atoms with Crippen LogP contribution in [-0.4, -0.2) is 32.4 Å². The van der Waals surface area contributed by atoms with Crippen molar-refractivity contribution >= 4 is 33.5 Å². The van der Waals surface area contributed by atoms with Crippen LogP contribution in [0, 0.1) is 0 Å². The van der Waals surface area contributed by atoms with Crippen LogP contribution >= 0.6 is 15.9 Å². The van der Waals surface area contributed by atoms with Crippen LogP contribution in [0.2, 0.25) is 0 Å². The summed E-state index contributed by atoms with van der Waals surface area (Å²) < 4.78 is 0.599. The molecular formula is C12H13BrN6O. The normalized spacial score (nSPS) is 10.1. The fourth-order valence-electron chi connectivity index (χ4n) is 1.35. The van der Waals surface area contributed by atoms with Crippen LogP contribution in [0.3, 0.4) is 0 Å². The van der Waals surface area contributed by atoms with Gasteiger partial charge in [0.25, 0.3) is 5.91 Å². The fourth-order valence-corrected chi connectivity index (χ4v) is 1.55. The standard InChI is InChI=1S/C12H13BrN6O/c1-2-3-14-10-6-15-8(4-17-10)12(20)19-11-7-16-9(13)5-18-11/h4-7H,2-3H2,1H3,(H,14,17)(H,18,19,20). The van der Waals surface area contributed by atoms with Crippen molar-refractivity contribution in [2.75, 3.05) is 17.2 Å². The molecule has 8 heteroatoms. The van der Waals surface area contributed by atoms with E-state index in [0.717, 1.165) is 13.0 Å². The lowest BCUT2D eigenvalue weighted by molar-refractivity contribution is 0.102. The Bertz CT molecular complexity index is 572. The molecule has 2 heterocycles. The largest absolute Gasteiger partial charge is 0.369 e. The summed E-state index contributed by atoms with van der Waals surface area (Å²) in [5.74, 6) is 0.621. The number of amides is 1. The highest BCUT2D eigenvalue weighted by atomic mass is 79.9. The summed E-state index contributed by atoms with van der Waals surface area (Å²) in [7, 11) is 0. The fraction of sp³-hybridized carbons (Fsp3) is 0.250. The number of halogens is 1. The molecular weight excluding hydrogens is 324 g/mol. The van der Waals surface area contributed by atoms with Gasteiger partial charge in [0, 0.05) is 6.54 Å². The lowest BCUT2D eigenvalue weighted by atomic mass is 10.4. The van der Waals surface area contributed by atoms with Gasteiger partial charge in [0.05, 0.1) is 24.8 Å². The first-order valence-electron chi connectivity index (χ1n) is 6.04. The maximum atomic E-state index is 11.9. The zero-order valence-electron chi connectivity index (χ0n) is 10.8. The topological polar surface area (TPSA) is 92.7 Å². The second-order valence-corrected chi connectivity index (χ2v) is 4.70. The molecule has 0 spiro atoms. The highest BCUT2D eigenvalue weighted by Crippen LogP contribution is 2.08. The van der Waals surface area contributed by atoms with Crippen molar-refractivity contribution in [3.8, 4) is 0 Å². The first kappa shape index (κ1) is 14.3. The van der Waals surface area contributed by atoms with Crippen molar-refractivity contribution in [3.05, 3.63) is 35.1 Å². The van der Waals surface area contributed by atoms with E-state index >= 15 is 0 Å². The summed E-state index contributed by atoms with van der Waals surface area (Å²) in [6.07, 6.45) is 6.88. The predicted octanol–water partition coefficient (Wildman–Crippen LogP) is 2.10. The van der Waals surface area contributed by atoms with E-state index in [2.05, 4.69) is 53.4 Å². The van der Waals surface area contributed by atoms with Crippen LogP contribution in [0.25, 0.3) is 0 Å². The Labute approximate surface area is 124 Å². The SMILES string of the molecule is CCCNc1cnc(C(=O)Nc2cnc(Br)cn2)cn1. The predicted molar refractivity (Wildman–Crippen MR) is 78.5 cm³/mol. The van der Waals surface area contributed by atoms with Crippen molar-refractivity contribution in [1.82, 2.24) is 19.9 Å². The summed E-state index contributed by atoms with van der Waals surface area (Å²) in [6, 6.07) is 0. The zero-order chi connectivity index (χ0) is 14.4. The van der Waals surface area contributed by atoms with Crippen LogP contribution in [0.5, 0.6) is 0 Å². The molecule has 0 saturated carbocycles. The molecule has 0 atom stereocenters. The smallest absolute Gasteiger partial charge is 0.277 e. The van der Waals surface area contributed by atoms with Crippen LogP contribution in [0.4, 0.5) is 11.6 Å². The quantitative estimate of drug-likeness (QED) is 0.868. The summed E-state index contributed by atoms with van der Waals surface area (Å²) >= 11 is 3.17. The van der Waals surface area contributed by atoms with E-state index in [1.54, 1.807) is 0 Å². The molecule has 0 aliphatic carbocycles. The molecule has 0 radical (unpaired) electrons. The van der Waals surface area contributed by atoms with E-state index in [1.807, 2.05) is 0 Å². The van der Waals surface area contributed by atoms with Crippen molar-refractivity contribution < 1.29 is 4.79 Å². The third kappa shape index (κ3) is 3.95. The van der Waals surface area contributed by atoms with E-state index in [0.29, 0.717) is 16.2 Å². The number of rotatable bonds is 5. The number of hydrogen-bond donors (Lipinski definition) is 2. The molecule has 2 N–H and O–H groups in total. The van der Waals surface area contributed by atoms with Gasteiger partial charge < -0.3 is 10.6 Å². The monoisotopic (exact) mass is 336 g/mol. The molecule has 7 nitrogen and oxygen atoms in total. The molecule has 2 rings (SSSR count). The van der Waals surface area contributed by atoms with Crippen LogP contribution < -0.4 is 10.6 Å². The number of aromatic nitrogens is 4. The molecule has 0 aromatic carbocycles. The molecule has 2 aromatic heterocycles. The highest BCUT2D eigenvalue weighted by molar-refractivity contribution is 9.10. The van der Waals surface area contributed by atoms with Gasteiger partial charge in [-0.05, 0) is 22.4 Å². The molecule has 2 aromatic rings. The third-order valence-corrected chi connectivity index (χ3v) is 2.71. The number of nitrogens with zero attached hydrogens (tertiary/aromatic N) is 4. The molecule has 0 aliphatic heterocycles. The van der Waals surface area contributed by atoms with Gasteiger partial charge in [0.2, 0.25) is 0 Å². The minimum absolute atomic E-state index is 0.219. The van der Waals surface area contributed by atoms with E-state index in [1.165, 1.54) is 24.8 Å². The van der Waals surface area contributed by atoms with E-state index < -0.39 is 0 Å². The van der Waals surface area contributed by atoms with E-state index in [-0.39, 0.29) is 11.6 Å². The summed E-state index contributed by atoms with van der Waals surface area (Å²) in [5.41, 5.74) is 0.219. The lowest BCUT2D eigenvalue weighted by Gasteiger charge is -2.05. The van der Waals surface area contributed by atoms with Gasteiger partial charge in [-0.1, -0.05) is 6.92 Å². The molecule has 1 amide bonds. The van der Waals surface area contributed by atoms with Crippen molar-refractivity contribution in [2.45, 2.75) is 13.3 Å². The second-order valence-electron chi connectivity index (χ2n) is 3.89. The Kier molecular flexibility index (Phi) is 4.94. The minimum atomic E-state index is -0.379. The average Bonchev–Trinajstić information content (AvgIpc) is 2.48. The minimum Gasteiger partial charge on any atom is -0.369 e. The van der Waals surface area contributed by atoms with Gasteiger partial charge in [0.1, 0.15) is 16.1 Å². The lowest BCUT2D eigenvalue weighted by Crippen LogP contribution is -2.15. The van der Waals surface area contributed by atoms with Gasteiger partial charge in [-0.15, -0.1) is 0 Å². The van der Waals surface area contributed by atoms with Gasteiger partial charge in [-0.3, -0.25) is 4.79 Å². The first-order valence-corrected chi connectivity index (χ1v) is 6.83. The van der Waals surface area contributed by atoms with Crippen molar-refractivity contribution in [1.29, 1.82) is 0 Å². The molecule has 0 aliphatic rings. The second kappa shape index (κ2) is 6.90. The average molecular weight is 337 g/mol. The highest BCUT2D eigenvalue weighted by Gasteiger charge is 2.09. The Morgan fingerprint density at radius 2 is 1.85 bits per heavy atom. The van der Waals surface area contributed by atoms with Gasteiger partial charge in [0.15, 0.2) is 5.82 Å². The summed E-state index contributed by atoms with van der Waals surface area (Å²) in [6.45, 7) is 2.87. The van der Waals surface area contributed by atoms with Crippen LogP contribution in [0.1, 0.15) is 23.8 Å². The van der Waals surface area contributed by atoms with Crippen LogP contribution in [-0.2, 0) is 0 Å². The molecule has 0 bridgehead atoms. The van der Waals surface area contributed by atoms with E-state index in [4.69, 9.17) is 0 Å². The number of hydrogen-bond acceptors (Lipinski definition) is 6. The van der Waals surface area contributed by atoms with Crippen molar-refractivity contribution in [2.24, 2.45) is 0 Å². The van der Waals surface area contributed by atoms with Gasteiger partial charge >= 0.3 is 0 Å². The number of carbonyl (C=O) groups is 1. The Morgan fingerprint density at radius 1 is 1.10 bits per heavy atom. The summed E-state index contributed by atoms with van der Waals surface area (Å²) in [4.78, 5) is 28.0. The first-order chi connectivity index (χ1) is 9.69. The van der Waals surface area contributed by atoms with E-state index in [9.17, 15) is 4.79 Å². The van der Waals surface area contributed by atoms with Crippen molar-refractivity contribution in [3.63, 3.8) is 0 Å². The maximum Gasteiger partial charge on any atom is 0.277 e. The number of carbonyl (C=O) groups excluding carboxylic acids is 1. The Balaban J connectivity index is 2.00. The Morgan fingerprint density at radius 3 is 2.45 bits per heavy atom. The molecule has 0 unspecified atom stereocenters. The van der Waals surface area contributed by atoms with Gasteiger partial charge in [-0.2, -0.15) is 0 Å². The molecule has 0 saturated heterocycles. The molecule has 0 fully saturated rings.